The summed E-state index contributed by atoms with van der Waals surface area (Å²) >= 11 is 0. The third-order valence-corrected chi connectivity index (χ3v) is 4.59. The monoisotopic (exact) mass is 239 g/mol. The molecule has 1 aliphatic carbocycles. The fourth-order valence-electron chi connectivity index (χ4n) is 3.47. The number of nitrogens with one attached hydrogen (secondary N) is 1. The second-order valence-corrected chi connectivity index (χ2v) is 6.95. The molecular weight excluding hydrogens is 210 g/mol. The molecule has 1 heterocycles. The first-order valence-corrected chi connectivity index (χ1v) is 7.37. The Bertz CT molecular complexity index is 251. The second kappa shape index (κ2) is 5.27. The van der Waals surface area contributed by atoms with Gasteiger partial charge in [-0.1, -0.05) is 13.8 Å². The molecule has 1 aliphatic heterocycles. The van der Waals surface area contributed by atoms with Gasteiger partial charge in [0.05, 0.1) is 11.7 Å². The summed E-state index contributed by atoms with van der Waals surface area (Å²) in [5.41, 5.74) is 0.110. The van der Waals surface area contributed by atoms with Crippen LogP contribution in [0.15, 0.2) is 0 Å². The molecule has 0 aromatic heterocycles. The fraction of sp³-hybridized carbons (Fsp3) is 1.00. The first-order chi connectivity index (χ1) is 7.96. The normalized spacial score (nSPS) is 41.6. The van der Waals surface area contributed by atoms with Crippen molar-refractivity contribution in [1.82, 2.24) is 5.32 Å². The number of hydrogen-bond donors (Lipinski definition) is 1. The van der Waals surface area contributed by atoms with Crippen LogP contribution in [-0.4, -0.2) is 24.3 Å². The third-order valence-electron chi connectivity index (χ3n) is 4.59. The van der Waals surface area contributed by atoms with Gasteiger partial charge >= 0.3 is 0 Å². The minimum atomic E-state index is 0.110. The Labute approximate surface area is 107 Å². The van der Waals surface area contributed by atoms with Gasteiger partial charge in [0.25, 0.3) is 0 Å². The van der Waals surface area contributed by atoms with Crippen LogP contribution < -0.4 is 5.32 Å². The molecule has 4 unspecified atom stereocenters. The molecule has 100 valence electrons. The van der Waals surface area contributed by atoms with E-state index in [1.54, 1.807) is 0 Å². The van der Waals surface area contributed by atoms with E-state index in [1.807, 2.05) is 0 Å². The van der Waals surface area contributed by atoms with Crippen molar-refractivity contribution < 1.29 is 4.74 Å². The summed E-state index contributed by atoms with van der Waals surface area (Å²) in [7, 11) is 0. The molecule has 2 fully saturated rings. The molecule has 1 N–H and O–H groups in total. The Morgan fingerprint density at radius 2 is 1.94 bits per heavy atom. The average Bonchev–Trinajstić information content (AvgIpc) is 2.57. The van der Waals surface area contributed by atoms with Crippen molar-refractivity contribution >= 4 is 0 Å². The maximum atomic E-state index is 6.03. The lowest BCUT2D eigenvalue weighted by atomic mass is 9.80. The summed E-state index contributed by atoms with van der Waals surface area (Å²) in [5.74, 6) is 1.75. The van der Waals surface area contributed by atoms with Crippen LogP contribution in [0.3, 0.4) is 0 Å². The predicted molar refractivity (Wildman–Crippen MR) is 72.2 cm³/mol. The molecule has 2 rings (SSSR count). The highest BCUT2D eigenvalue weighted by molar-refractivity contribution is 4.85. The minimum absolute atomic E-state index is 0.110. The van der Waals surface area contributed by atoms with Crippen molar-refractivity contribution in [2.75, 3.05) is 6.54 Å². The molecule has 17 heavy (non-hydrogen) atoms. The number of rotatable bonds is 3. The summed E-state index contributed by atoms with van der Waals surface area (Å²) in [6, 6.07) is 0.721. The summed E-state index contributed by atoms with van der Waals surface area (Å²) < 4.78 is 6.03. The van der Waals surface area contributed by atoms with Gasteiger partial charge in [0, 0.05) is 12.6 Å². The van der Waals surface area contributed by atoms with Crippen LogP contribution in [0, 0.1) is 11.8 Å². The SMILES string of the molecule is CC1CCC(NCC2CCC(C)(C)O2)C(C)C1. The standard InChI is InChI=1S/C15H29NO/c1-11-5-6-14(12(2)9-11)16-10-13-7-8-15(3,4)17-13/h11-14,16H,5-10H2,1-4H3. The zero-order valence-corrected chi connectivity index (χ0v) is 12.0. The van der Waals surface area contributed by atoms with E-state index >= 15 is 0 Å². The van der Waals surface area contributed by atoms with Crippen molar-refractivity contribution in [2.45, 2.75) is 77.5 Å². The zero-order valence-electron chi connectivity index (χ0n) is 12.0. The highest BCUT2D eigenvalue weighted by Crippen LogP contribution is 2.31. The topological polar surface area (TPSA) is 21.3 Å². The largest absolute Gasteiger partial charge is 0.371 e. The Hall–Kier alpha value is -0.0800. The van der Waals surface area contributed by atoms with E-state index in [4.69, 9.17) is 4.74 Å². The Kier molecular flexibility index (Phi) is 4.14. The quantitative estimate of drug-likeness (QED) is 0.815. The second-order valence-electron chi connectivity index (χ2n) is 6.95. The molecule has 1 saturated carbocycles. The Morgan fingerprint density at radius 1 is 1.18 bits per heavy atom. The Balaban J connectivity index is 1.72. The third kappa shape index (κ3) is 3.69. The summed E-state index contributed by atoms with van der Waals surface area (Å²) in [4.78, 5) is 0. The summed E-state index contributed by atoms with van der Waals surface area (Å²) in [6.45, 7) is 10.2. The van der Waals surface area contributed by atoms with Gasteiger partial charge < -0.3 is 10.1 Å². The lowest BCUT2D eigenvalue weighted by molar-refractivity contribution is -0.0164. The van der Waals surface area contributed by atoms with Crippen LogP contribution in [0.4, 0.5) is 0 Å². The fourth-order valence-corrected chi connectivity index (χ4v) is 3.47. The number of hydrogen-bond acceptors (Lipinski definition) is 2. The molecule has 2 nitrogen and oxygen atoms in total. The van der Waals surface area contributed by atoms with Crippen molar-refractivity contribution in [3.63, 3.8) is 0 Å². The van der Waals surface area contributed by atoms with Gasteiger partial charge in [0.1, 0.15) is 0 Å². The lowest BCUT2D eigenvalue weighted by Crippen LogP contribution is -2.42. The van der Waals surface area contributed by atoms with Crippen molar-refractivity contribution in [3.8, 4) is 0 Å². The van der Waals surface area contributed by atoms with Gasteiger partial charge in [-0.05, 0) is 57.8 Å². The zero-order chi connectivity index (χ0) is 12.5. The molecule has 0 aromatic carbocycles. The number of ether oxygens (including phenoxy) is 1. The molecular formula is C15H29NO. The molecule has 2 heteroatoms. The average molecular weight is 239 g/mol. The van der Waals surface area contributed by atoms with E-state index in [2.05, 4.69) is 33.0 Å². The molecule has 1 saturated heterocycles. The highest BCUT2D eigenvalue weighted by atomic mass is 16.5. The van der Waals surface area contributed by atoms with E-state index in [-0.39, 0.29) is 5.60 Å². The van der Waals surface area contributed by atoms with Gasteiger partial charge in [-0.2, -0.15) is 0 Å². The lowest BCUT2D eigenvalue weighted by Gasteiger charge is -2.34. The smallest absolute Gasteiger partial charge is 0.0707 e. The summed E-state index contributed by atoms with van der Waals surface area (Å²) in [5, 5.41) is 3.75. The highest BCUT2D eigenvalue weighted by Gasteiger charge is 2.32. The van der Waals surface area contributed by atoms with E-state index in [9.17, 15) is 0 Å². The van der Waals surface area contributed by atoms with E-state index < -0.39 is 0 Å². The maximum absolute atomic E-state index is 6.03. The van der Waals surface area contributed by atoms with Crippen LogP contribution in [0.2, 0.25) is 0 Å². The predicted octanol–water partition coefficient (Wildman–Crippen LogP) is 3.36. The van der Waals surface area contributed by atoms with Gasteiger partial charge in [-0.25, -0.2) is 0 Å². The van der Waals surface area contributed by atoms with Crippen LogP contribution in [0.5, 0.6) is 0 Å². The molecule has 0 bridgehead atoms. The Morgan fingerprint density at radius 3 is 2.53 bits per heavy atom. The van der Waals surface area contributed by atoms with Crippen LogP contribution in [0.1, 0.15) is 59.8 Å². The van der Waals surface area contributed by atoms with Crippen molar-refractivity contribution in [1.29, 1.82) is 0 Å². The van der Waals surface area contributed by atoms with Gasteiger partial charge in [0.2, 0.25) is 0 Å². The van der Waals surface area contributed by atoms with Crippen LogP contribution >= 0.6 is 0 Å². The molecule has 4 atom stereocenters. The molecule has 2 aliphatic rings. The molecule has 0 amide bonds. The van der Waals surface area contributed by atoms with Gasteiger partial charge in [0.15, 0.2) is 0 Å². The van der Waals surface area contributed by atoms with Crippen LogP contribution in [-0.2, 0) is 4.74 Å². The maximum Gasteiger partial charge on any atom is 0.0707 e. The van der Waals surface area contributed by atoms with E-state index in [1.165, 1.54) is 32.1 Å². The van der Waals surface area contributed by atoms with Gasteiger partial charge in [-0.3, -0.25) is 0 Å². The van der Waals surface area contributed by atoms with Gasteiger partial charge in [-0.15, -0.1) is 0 Å². The first kappa shape index (κ1) is 13.4. The first-order valence-electron chi connectivity index (χ1n) is 7.37. The molecule has 0 spiro atoms. The molecule has 0 aromatic rings. The van der Waals surface area contributed by atoms with Crippen LogP contribution in [0.25, 0.3) is 0 Å². The van der Waals surface area contributed by atoms with Crippen molar-refractivity contribution in [2.24, 2.45) is 11.8 Å². The van der Waals surface area contributed by atoms with E-state index in [0.29, 0.717) is 6.10 Å². The van der Waals surface area contributed by atoms with E-state index in [0.717, 1.165) is 24.4 Å². The van der Waals surface area contributed by atoms with Crippen molar-refractivity contribution in [3.05, 3.63) is 0 Å². The summed E-state index contributed by atoms with van der Waals surface area (Å²) in [6.07, 6.45) is 6.98. The molecule has 0 radical (unpaired) electrons. The minimum Gasteiger partial charge on any atom is -0.371 e.